The molecule has 2 N–H and O–H groups in total. The van der Waals surface area contributed by atoms with E-state index >= 15 is 0 Å². The molecule has 1 aromatic carbocycles. The van der Waals surface area contributed by atoms with Gasteiger partial charge >= 0.3 is 0 Å². The number of nitrogens with one attached hydrogen (secondary N) is 1. The maximum absolute atomic E-state index is 12.5. The lowest BCUT2D eigenvalue weighted by atomic mass is 10.1. The second kappa shape index (κ2) is 6.22. The number of aliphatic hydroxyl groups excluding tert-OH is 1. The van der Waals surface area contributed by atoms with E-state index in [9.17, 15) is 13.5 Å². The van der Waals surface area contributed by atoms with Crippen LogP contribution in [0.4, 0.5) is 0 Å². The molecule has 0 radical (unpaired) electrons. The third-order valence-corrected chi connectivity index (χ3v) is 5.47. The molecule has 1 unspecified atom stereocenters. The number of hydrogen-bond donors (Lipinski definition) is 2. The van der Waals surface area contributed by atoms with E-state index < -0.39 is 10.0 Å². The van der Waals surface area contributed by atoms with Gasteiger partial charge in [0.2, 0.25) is 10.0 Å². The molecule has 1 aromatic rings. The van der Waals surface area contributed by atoms with Crippen LogP contribution in [-0.4, -0.2) is 44.6 Å². The first-order chi connectivity index (χ1) is 9.44. The largest absolute Gasteiger partial charge is 0.392 e. The highest BCUT2D eigenvalue weighted by molar-refractivity contribution is 7.89. The fourth-order valence-corrected chi connectivity index (χ4v) is 4.22. The molecule has 1 heterocycles. The summed E-state index contributed by atoms with van der Waals surface area (Å²) in [6.07, 6.45) is 1.86. The first-order valence-corrected chi connectivity index (χ1v) is 8.32. The highest BCUT2D eigenvalue weighted by atomic mass is 32.2. The smallest absolute Gasteiger partial charge is 0.241 e. The van der Waals surface area contributed by atoms with Crippen LogP contribution in [0.15, 0.2) is 23.1 Å². The molecule has 1 aliphatic rings. The number of rotatable bonds is 4. The molecule has 0 aromatic heterocycles. The zero-order chi connectivity index (χ0) is 14.8. The molecule has 112 valence electrons. The zero-order valence-electron chi connectivity index (χ0n) is 12.0. The van der Waals surface area contributed by atoms with Crippen LogP contribution in [-0.2, 0) is 16.6 Å². The summed E-state index contributed by atoms with van der Waals surface area (Å²) in [6.45, 7) is 3.32. The van der Waals surface area contributed by atoms with Crippen molar-refractivity contribution in [1.29, 1.82) is 0 Å². The first kappa shape index (κ1) is 15.4. The fraction of sp³-hybridized carbons (Fsp3) is 0.571. The molecular weight excluding hydrogens is 276 g/mol. The predicted molar refractivity (Wildman–Crippen MR) is 77.9 cm³/mol. The van der Waals surface area contributed by atoms with Crippen LogP contribution in [0.3, 0.4) is 0 Å². The van der Waals surface area contributed by atoms with E-state index in [1.54, 1.807) is 25.1 Å². The van der Waals surface area contributed by atoms with Crippen LogP contribution in [0, 0.1) is 6.92 Å². The van der Waals surface area contributed by atoms with Crippen LogP contribution >= 0.6 is 0 Å². The number of hydrogen-bond acceptors (Lipinski definition) is 4. The normalized spacial score (nSPS) is 21.1. The molecule has 1 fully saturated rings. The molecule has 1 saturated heterocycles. The average molecular weight is 298 g/mol. The minimum absolute atomic E-state index is 0.0454. The first-order valence-electron chi connectivity index (χ1n) is 6.84. The van der Waals surface area contributed by atoms with Crippen molar-refractivity contribution in [2.24, 2.45) is 0 Å². The van der Waals surface area contributed by atoms with E-state index in [1.807, 2.05) is 7.05 Å². The molecule has 1 aliphatic heterocycles. The van der Waals surface area contributed by atoms with Crippen LogP contribution in [0.1, 0.15) is 24.0 Å². The lowest BCUT2D eigenvalue weighted by Crippen LogP contribution is -2.46. The molecule has 5 nitrogen and oxygen atoms in total. The van der Waals surface area contributed by atoms with Gasteiger partial charge in [-0.15, -0.1) is 0 Å². The SMILES string of the molecule is Cc1c(CO)cccc1S(=O)(=O)NC1CCCN(C)C1. The molecule has 0 bridgehead atoms. The third kappa shape index (κ3) is 3.38. The summed E-state index contributed by atoms with van der Waals surface area (Å²) in [5.41, 5.74) is 1.26. The number of aliphatic hydroxyl groups is 1. The molecule has 0 saturated carbocycles. The maximum atomic E-state index is 12.5. The Hall–Kier alpha value is -0.950. The zero-order valence-corrected chi connectivity index (χ0v) is 12.8. The van der Waals surface area contributed by atoms with Crippen molar-refractivity contribution >= 4 is 10.0 Å². The predicted octanol–water partition coefficient (Wildman–Crippen LogP) is 0.860. The Labute approximate surface area is 120 Å². The highest BCUT2D eigenvalue weighted by Crippen LogP contribution is 2.20. The molecule has 2 rings (SSSR count). The second-order valence-corrected chi connectivity index (χ2v) is 7.10. The fourth-order valence-electron chi connectivity index (χ4n) is 2.67. The van der Waals surface area contributed by atoms with Crippen LogP contribution < -0.4 is 4.72 Å². The van der Waals surface area contributed by atoms with Gasteiger partial charge in [0.1, 0.15) is 0 Å². The quantitative estimate of drug-likeness (QED) is 0.865. The number of piperidine rings is 1. The summed E-state index contributed by atoms with van der Waals surface area (Å²) >= 11 is 0. The topological polar surface area (TPSA) is 69.6 Å². The Kier molecular flexibility index (Phi) is 4.80. The lowest BCUT2D eigenvalue weighted by molar-refractivity contribution is 0.242. The number of likely N-dealkylation sites (tertiary alicyclic amines) is 1. The van der Waals surface area contributed by atoms with Crippen molar-refractivity contribution in [3.8, 4) is 0 Å². The van der Waals surface area contributed by atoms with E-state index in [2.05, 4.69) is 9.62 Å². The van der Waals surface area contributed by atoms with Gasteiger partial charge in [-0.05, 0) is 50.6 Å². The van der Waals surface area contributed by atoms with Crippen molar-refractivity contribution in [3.63, 3.8) is 0 Å². The van der Waals surface area contributed by atoms with Gasteiger partial charge in [-0.2, -0.15) is 0 Å². The lowest BCUT2D eigenvalue weighted by Gasteiger charge is -2.30. The summed E-state index contributed by atoms with van der Waals surface area (Å²) in [7, 11) is -1.54. The van der Waals surface area contributed by atoms with Crippen molar-refractivity contribution in [2.45, 2.75) is 37.3 Å². The highest BCUT2D eigenvalue weighted by Gasteiger charge is 2.25. The van der Waals surface area contributed by atoms with Crippen molar-refractivity contribution in [1.82, 2.24) is 9.62 Å². The minimum atomic E-state index is -3.53. The van der Waals surface area contributed by atoms with E-state index in [4.69, 9.17) is 0 Å². The van der Waals surface area contributed by atoms with Crippen molar-refractivity contribution in [3.05, 3.63) is 29.3 Å². The maximum Gasteiger partial charge on any atom is 0.241 e. The Morgan fingerprint density at radius 2 is 2.20 bits per heavy atom. The monoisotopic (exact) mass is 298 g/mol. The summed E-state index contributed by atoms with van der Waals surface area (Å²) < 4.78 is 27.8. The van der Waals surface area contributed by atoms with Gasteiger partial charge in [-0.3, -0.25) is 0 Å². The summed E-state index contributed by atoms with van der Waals surface area (Å²) in [5.74, 6) is 0. The van der Waals surface area contributed by atoms with Crippen LogP contribution in [0.5, 0.6) is 0 Å². The summed E-state index contributed by atoms with van der Waals surface area (Å²) in [4.78, 5) is 2.39. The van der Waals surface area contributed by atoms with E-state index in [0.717, 1.165) is 25.9 Å². The van der Waals surface area contributed by atoms with E-state index in [1.165, 1.54) is 0 Å². The van der Waals surface area contributed by atoms with Crippen molar-refractivity contribution < 1.29 is 13.5 Å². The third-order valence-electron chi connectivity index (χ3n) is 3.80. The summed E-state index contributed by atoms with van der Waals surface area (Å²) in [5, 5.41) is 9.24. The van der Waals surface area contributed by atoms with E-state index in [0.29, 0.717) is 11.1 Å². The molecule has 20 heavy (non-hydrogen) atoms. The van der Waals surface area contributed by atoms with Crippen molar-refractivity contribution in [2.75, 3.05) is 20.1 Å². The van der Waals surface area contributed by atoms with Gasteiger partial charge in [0.25, 0.3) is 0 Å². The summed E-state index contributed by atoms with van der Waals surface area (Å²) in [6, 6.07) is 4.95. The van der Waals surface area contributed by atoms with Gasteiger partial charge in [-0.1, -0.05) is 12.1 Å². The number of sulfonamides is 1. The molecule has 0 amide bonds. The molecule has 0 aliphatic carbocycles. The minimum Gasteiger partial charge on any atom is -0.392 e. The van der Waals surface area contributed by atoms with Crippen LogP contribution in [0.25, 0.3) is 0 Å². The Bertz CT molecular complexity index is 572. The van der Waals surface area contributed by atoms with Crippen LogP contribution in [0.2, 0.25) is 0 Å². The van der Waals surface area contributed by atoms with Gasteiger partial charge < -0.3 is 10.0 Å². The van der Waals surface area contributed by atoms with Gasteiger partial charge in [0.05, 0.1) is 11.5 Å². The molecule has 1 atom stereocenters. The standard InChI is InChI=1S/C14H22N2O3S/c1-11-12(10-17)5-3-7-14(11)20(18,19)15-13-6-4-8-16(2)9-13/h3,5,7,13,15,17H,4,6,8-10H2,1-2H3. The number of likely N-dealkylation sites (N-methyl/N-ethyl adjacent to an activating group) is 1. The number of benzene rings is 1. The van der Waals surface area contributed by atoms with Gasteiger partial charge in [-0.25, -0.2) is 13.1 Å². The Morgan fingerprint density at radius 3 is 2.85 bits per heavy atom. The average Bonchev–Trinajstić information content (AvgIpc) is 2.38. The Morgan fingerprint density at radius 1 is 1.45 bits per heavy atom. The molecule has 6 heteroatoms. The Balaban J connectivity index is 2.22. The number of nitrogens with zero attached hydrogens (tertiary/aromatic N) is 1. The molecular formula is C14H22N2O3S. The van der Waals surface area contributed by atoms with Gasteiger partial charge in [0.15, 0.2) is 0 Å². The molecule has 0 spiro atoms. The van der Waals surface area contributed by atoms with Gasteiger partial charge in [0, 0.05) is 12.6 Å². The van der Waals surface area contributed by atoms with E-state index in [-0.39, 0.29) is 17.5 Å². The second-order valence-electron chi connectivity index (χ2n) is 5.42.